The fraction of sp³-hybridized carbons (Fsp3) is 0.310. The summed E-state index contributed by atoms with van der Waals surface area (Å²) in [6, 6.07) is 22.6. The van der Waals surface area contributed by atoms with Crippen LogP contribution in [0.5, 0.6) is 0 Å². The number of nitrogens with zero attached hydrogens (tertiary/aromatic N) is 3. The molecule has 0 bridgehead atoms. The van der Waals surface area contributed by atoms with E-state index in [0.29, 0.717) is 26.1 Å². The van der Waals surface area contributed by atoms with Gasteiger partial charge in [-0.05, 0) is 72.9 Å². The summed E-state index contributed by atoms with van der Waals surface area (Å²) in [5, 5.41) is 0. The zero-order chi connectivity index (χ0) is 23.7. The van der Waals surface area contributed by atoms with Crippen LogP contribution < -0.4 is 9.80 Å². The Bertz CT molecular complexity index is 1210. The largest absolute Gasteiger partial charge is 0.368 e. The number of carbonyl (C=O) groups excluding carboxylic acids is 2. The zero-order valence-corrected chi connectivity index (χ0v) is 20.0. The number of hydrogen-bond acceptors (Lipinski definition) is 3. The molecule has 2 aliphatic rings. The molecule has 0 unspecified atom stereocenters. The fourth-order valence-electron chi connectivity index (χ4n) is 4.91. The Kier molecular flexibility index (Phi) is 6.10. The van der Waals surface area contributed by atoms with Gasteiger partial charge < -0.3 is 14.7 Å². The number of aryl methyl sites for hydroxylation is 3. The second kappa shape index (κ2) is 9.34. The molecule has 34 heavy (non-hydrogen) atoms. The average Bonchev–Trinajstić information content (AvgIpc) is 2.87. The van der Waals surface area contributed by atoms with Crippen molar-refractivity contribution in [2.75, 3.05) is 36.0 Å². The number of hydrogen-bond donors (Lipinski definition) is 0. The third-order valence-electron chi connectivity index (χ3n) is 7.13. The molecule has 0 atom stereocenters. The summed E-state index contributed by atoms with van der Waals surface area (Å²) in [6.45, 7) is 7.75. The van der Waals surface area contributed by atoms with Crippen molar-refractivity contribution in [1.82, 2.24) is 4.90 Å². The van der Waals surface area contributed by atoms with Crippen LogP contribution in [-0.2, 0) is 17.8 Å². The number of carbonyl (C=O) groups is 2. The van der Waals surface area contributed by atoms with Crippen LogP contribution in [0, 0.1) is 13.8 Å². The van der Waals surface area contributed by atoms with Crippen molar-refractivity contribution < 1.29 is 9.59 Å². The SMILES string of the molecule is Cc1ccc(C(=O)N2CCN(c3ccc4c(c3)CCC(=O)N4Cc3ccccc3)CC2)cc1C. The quantitative estimate of drug-likeness (QED) is 0.573. The molecule has 5 nitrogen and oxygen atoms in total. The lowest BCUT2D eigenvalue weighted by Gasteiger charge is -2.37. The predicted octanol–water partition coefficient (Wildman–Crippen LogP) is 4.75. The summed E-state index contributed by atoms with van der Waals surface area (Å²) in [4.78, 5) is 31.9. The van der Waals surface area contributed by atoms with E-state index in [0.717, 1.165) is 41.9 Å². The number of anilines is 2. The zero-order valence-electron chi connectivity index (χ0n) is 20.0. The first kappa shape index (κ1) is 22.2. The molecule has 0 radical (unpaired) electrons. The molecule has 1 saturated heterocycles. The van der Waals surface area contributed by atoms with Crippen LogP contribution in [0.15, 0.2) is 66.7 Å². The summed E-state index contributed by atoms with van der Waals surface area (Å²) in [5.41, 5.74) is 7.68. The minimum atomic E-state index is 0.114. The summed E-state index contributed by atoms with van der Waals surface area (Å²) in [6.07, 6.45) is 1.32. The van der Waals surface area contributed by atoms with Gasteiger partial charge in [-0.25, -0.2) is 0 Å². The molecule has 0 aromatic heterocycles. The Morgan fingerprint density at radius 3 is 2.32 bits per heavy atom. The normalized spacial score (nSPS) is 15.9. The van der Waals surface area contributed by atoms with Gasteiger partial charge in [-0.3, -0.25) is 9.59 Å². The van der Waals surface area contributed by atoms with Crippen molar-refractivity contribution in [2.45, 2.75) is 33.2 Å². The highest BCUT2D eigenvalue weighted by Gasteiger charge is 2.27. The summed E-state index contributed by atoms with van der Waals surface area (Å²) in [7, 11) is 0. The van der Waals surface area contributed by atoms with Crippen molar-refractivity contribution in [3.8, 4) is 0 Å². The molecule has 1 fully saturated rings. The maximum Gasteiger partial charge on any atom is 0.253 e. The van der Waals surface area contributed by atoms with Crippen molar-refractivity contribution in [1.29, 1.82) is 0 Å². The van der Waals surface area contributed by atoms with Gasteiger partial charge in [0.05, 0.1) is 6.54 Å². The van der Waals surface area contributed by atoms with Crippen LogP contribution >= 0.6 is 0 Å². The Hall–Kier alpha value is -3.60. The molecule has 3 aromatic rings. The minimum Gasteiger partial charge on any atom is -0.368 e. The maximum atomic E-state index is 13.0. The molecule has 5 heteroatoms. The van der Waals surface area contributed by atoms with Gasteiger partial charge in [-0.15, -0.1) is 0 Å². The molecule has 0 saturated carbocycles. The first-order valence-corrected chi connectivity index (χ1v) is 12.1. The number of piperazine rings is 1. The smallest absolute Gasteiger partial charge is 0.253 e. The first-order valence-electron chi connectivity index (χ1n) is 12.1. The van der Waals surface area contributed by atoms with Gasteiger partial charge in [-0.2, -0.15) is 0 Å². The molecule has 2 amide bonds. The van der Waals surface area contributed by atoms with Crippen LogP contribution in [0.4, 0.5) is 11.4 Å². The van der Waals surface area contributed by atoms with Gasteiger partial charge in [-0.1, -0.05) is 36.4 Å². The summed E-state index contributed by atoms with van der Waals surface area (Å²) in [5.74, 6) is 0.297. The van der Waals surface area contributed by atoms with Crippen LogP contribution in [0.3, 0.4) is 0 Å². The second-order valence-electron chi connectivity index (χ2n) is 9.36. The van der Waals surface area contributed by atoms with Gasteiger partial charge in [0.25, 0.3) is 5.91 Å². The summed E-state index contributed by atoms with van der Waals surface area (Å²) >= 11 is 0. The number of fused-ring (bicyclic) bond motifs is 1. The highest BCUT2D eigenvalue weighted by molar-refractivity contribution is 5.97. The van der Waals surface area contributed by atoms with Gasteiger partial charge >= 0.3 is 0 Å². The van der Waals surface area contributed by atoms with E-state index in [1.54, 1.807) is 0 Å². The van der Waals surface area contributed by atoms with Gasteiger partial charge in [0, 0.05) is 49.5 Å². The van der Waals surface area contributed by atoms with Crippen molar-refractivity contribution in [3.05, 3.63) is 94.5 Å². The van der Waals surface area contributed by atoms with E-state index in [2.05, 4.69) is 49.1 Å². The Morgan fingerprint density at radius 2 is 1.59 bits per heavy atom. The van der Waals surface area contributed by atoms with Crippen LogP contribution in [0.1, 0.15) is 39.0 Å². The highest BCUT2D eigenvalue weighted by Crippen LogP contribution is 2.33. The monoisotopic (exact) mass is 453 g/mol. The first-order chi connectivity index (χ1) is 16.5. The van der Waals surface area contributed by atoms with Crippen LogP contribution in [0.2, 0.25) is 0 Å². The van der Waals surface area contributed by atoms with Gasteiger partial charge in [0.15, 0.2) is 0 Å². The number of amides is 2. The lowest BCUT2D eigenvalue weighted by Crippen LogP contribution is -2.48. The molecule has 3 aromatic carbocycles. The molecular weight excluding hydrogens is 422 g/mol. The lowest BCUT2D eigenvalue weighted by atomic mass is 9.99. The molecule has 2 heterocycles. The molecular formula is C29H31N3O2. The Morgan fingerprint density at radius 1 is 0.824 bits per heavy atom. The van der Waals surface area contributed by atoms with Crippen molar-refractivity contribution in [3.63, 3.8) is 0 Å². The molecule has 0 spiro atoms. The van der Waals surface area contributed by atoms with E-state index in [1.165, 1.54) is 16.8 Å². The Balaban J connectivity index is 1.27. The molecule has 0 aliphatic carbocycles. The fourth-order valence-corrected chi connectivity index (χ4v) is 4.91. The minimum absolute atomic E-state index is 0.114. The second-order valence-corrected chi connectivity index (χ2v) is 9.36. The van der Waals surface area contributed by atoms with E-state index in [4.69, 9.17) is 0 Å². The third kappa shape index (κ3) is 4.43. The Labute approximate surface area is 201 Å². The van der Waals surface area contributed by atoms with E-state index in [-0.39, 0.29) is 11.8 Å². The van der Waals surface area contributed by atoms with Crippen molar-refractivity contribution in [2.24, 2.45) is 0 Å². The summed E-state index contributed by atoms with van der Waals surface area (Å²) < 4.78 is 0. The molecule has 2 aliphatic heterocycles. The standard InChI is InChI=1S/C29H31N3O2/c1-21-8-9-25(18-22(21)2)29(34)31-16-14-30(15-17-31)26-11-12-27-24(19-26)10-13-28(33)32(27)20-23-6-4-3-5-7-23/h3-9,11-12,18-19H,10,13-17,20H2,1-2H3. The van der Waals surface area contributed by atoms with E-state index in [1.807, 2.05) is 46.2 Å². The van der Waals surface area contributed by atoms with Gasteiger partial charge in [0.1, 0.15) is 0 Å². The van der Waals surface area contributed by atoms with Crippen LogP contribution in [-0.4, -0.2) is 42.9 Å². The average molecular weight is 454 g/mol. The topological polar surface area (TPSA) is 43.9 Å². The maximum absolute atomic E-state index is 13.0. The highest BCUT2D eigenvalue weighted by atomic mass is 16.2. The lowest BCUT2D eigenvalue weighted by molar-refractivity contribution is -0.119. The van der Waals surface area contributed by atoms with E-state index in [9.17, 15) is 9.59 Å². The number of rotatable bonds is 4. The van der Waals surface area contributed by atoms with Gasteiger partial charge in [0.2, 0.25) is 5.91 Å². The molecule has 5 rings (SSSR count). The molecule has 0 N–H and O–H groups in total. The van der Waals surface area contributed by atoms with Crippen LogP contribution in [0.25, 0.3) is 0 Å². The number of benzene rings is 3. The van der Waals surface area contributed by atoms with Crippen molar-refractivity contribution >= 4 is 23.2 Å². The third-order valence-corrected chi connectivity index (χ3v) is 7.13. The van der Waals surface area contributed by atoms with E-state index < -0.39 is 0 Å². The molecule has 174 valence electrons. The predicted molar refractivity (Wildman–Crippen MR) is 136 cm³/mol. The van der Waals surface area contributed by atoms with E-state index >= 15 is 0 Å².